The quantitative estimate of drug-likeness (QED) is 0.582. The van der Waals surface area contributed by atoms with Gasteiger partial charge in [-0.05, 0) is 41.8 Å². The van der Waals surface area contributed by atoms with Crippen LogP contribution in [0.4, 0.5) is 5.69 Å². The van der Waals surface area contributed by atoms with Crippen LogP contribution in [0.2, 0.25) is 0 Å². The molecule has 0 radical (unpaired) electrons. The Labute approximate surface area is 175 Å². The molecule has 0 bridgehead atoms. The minimum Gasteiger partial charge on any atom is -0.379 e. The van der Waals surface area contributed by atoms with Crippen LogP contribution in [0.3, 0.4) is 0 Å². The van der Waals surface area contributed by atoms with Gasteiger partial charge in [-0.2, -0.15) is 0 Å². The fourth-order valence-electron chi connectivity index (χ4n) is 4.18. The standard InChI is InChI=1S/C22H26N4O4/c1-15(20-11-17(12-23-20)13-25-4-7-28-8-5-25)21-18-10-16(14-26-6-9-29-30-26)2-3-19(18)24-22(21)27/h2-3,10-12,23H,4-9,13-14H2,1H3,(H,24,27)/b21-15-. The number of allylic oxidation sites excluding steroid dienone is 1. The lowest BCUT2D eigenvalue weighted by Crippen LogP contribution is -2.35. The van der Waals surface area contributed by atoms with E-state index >= 15 is 0 Å². The number of hydrogen-bond acceptors (Lipinski definition) is 6. The van der Waals surface area contributed by atoms with E-state index in [-0.39, 0.29) is 5.91 Å². The van der Waals surface area contributed by atoms with E-state index in [1.807, 2.05) is 25.3 Å². The zero-order chi connectivity index (χ0) is 20.5. The average molecular weight is 410 g/mol. The number of hydroxylamine groups is 2. The van der Waals surface area contributed by atoms with Crippen molar-refractivity contribution >= 4 is 22.7 Å². The molecule has 158 valence electrons. The van der Waals surface area contributed by atoms with E-state index < -0.39 is 0 Å². The Bertz CT molecular complexity index is 971. The Morgan fingerprint density at radius 2 is 1.93 bits per heavy atom. The summed E-state index contributed by atoms with van der Waals surface area (Å²) in [5.74, 6) is -0.0651. The first-order valence-corrected chi connectivity index (χ1v) is 10.4. The summed E-state index contributed by atoms with van der Waals surface area (Å²) in [7, 11) is 0. The molecule has 3 aliphatic heterocycles. The smallest absolute Gasteiger partial charge is 0.256 e. The van der Waals surface area contributed by atoms with Crippen LogP contribution in [0.5, 0.6) is 0 Å². The fraction of sp³-hybridized carbons (Fsp3) is 0.409. The summed E-state index contributed by atoms with van der Waals surface area (Å²) in [4.78, 5) is 28.6. The van der Waals surface area contributed by atoms with Crippen molar-refractivity contribution in [3.8, 4) is 0 Å². The summed E-state index contributed by atoms with van der Waals surface area (Å²) >= 11 is 0. The van der Waals surface area contributed by atoms with Gasteiger partial charge >= 0.3 is 0 Å². The number of rotatable bonds is 5. The summed E-state index contributed by atoms with van der Waals surface area (Å²) < 4.78 is 5.43. The van der Waals surface area contributed by atoms with Gasteiger partial charge < -0.3 is 15.0 Å². The third-order valence-electron chi connectivity index (χ3n) is 5.80. The third-order valence-corrected chi connectivity index (χ3v) is 5.80. The van der Waals surface area contributed by atoms with Crippen molar-refractivity contribution < 1.29 is 19.4 Å². The van der Waals surface area contributed by atoms with E-state index in [0.29, 0.717) is 18.7 Å². The van der Waals surface area contributed by atoms with Crippen LogP contribution >= 0.6 is 0 Å². The van der Waals surface area contributed by atoms with Crippen LogP contribution in [0.1, 0.15) is 29.3 Å². The molecular weight excluding hydrogens is 384 g/mol. The number of morpholine rings is 1. The zero-order valence-electron chi connectivity index (χ0n) is 17.1. The van der Waals surface area contributed by atoms with E-state index in [9.17, 15) is 4.79 Å². The molecule has 1 aromatic carbocycles. The number of H-pyrrole nitrogens is 1. The predicted octanol–water partition coefficient (Wildman–Crippen LogP) is 2.41. The highest BCUT2D eigenvalue weighted by atomic mass is 17.3. The molecule has 0 saturated carbocycles. The van der Waals surface area contributed by atoms with Crippen molar-refractivity contribution in [3.63, 3.8) is 0 Å². The summed E-state index contributed by atoms with van der Waals surface area (Å²) in [5.41, 5.74) is 6.68. The third kappa shape index (κ3) is 3.92. The number of carbonyl (C=O) groups is 1. The topological polar surface area (TPSA) is 79.1 Å². The molecule has 0 spiro atoms. The minimum absolute atomic E-state index is 0.0651. The number of anilines is 1. The van der Waals surface area contributed by atoms with E-state index in [2.05, 4.69) is 27.3 Å². The molecule has 1 amide bonds. The van der Waals surface area contributed by atoms with Crippen molar-refractivity contribution in [1.29, 1.82) is 0 Å². The van der Waals surface area contributed by atoms with Gasteiger partial charge in [0.2, 0.25) is 0 Å². The normalized spacial score (nSPS) is 21.7. The van der Waals surface area contributed by atoms with Gasteiger partial charge in [0.15, 0.2) is 0 Å². The van der Waals surface area contributed by atoms with Crippen LogP contribution in [0.15, 0.2) is 30.5 Å². The number of hydrogen-bond donors (Lipinski definition) is 2. The molecule has 2 aromatic rings. The van der Waals surface area contributed by atoms with Crippen molar-refractivity contribution in [1.82, 2.24) is 14.9 Å². The highest BCUT2D eigenvalue weighted by Crippen LogP contribution is 2.37. The number of benzene rings is 1. The molecule has 3 aliphatic rings. The number of nitrogens with one attached hydrogen (secondary N) is 2. The maximum atomic E-state index is 12.8. The number of aromatic nitrogens is 1. The summed E-state index contributed by atoms with van der Waals surface area (Å²) in [6.45, 7) is 8.25. The van der Waals surface area contributed by atoms with E-state index in [0.717, 1.165) is 67.5 Å². The maximum Gasteiger partial charge on any atom is 0.256 e. The number of carbonyl (C=O) groups excluding carboxylic acids is 1. The number of fused-ring (bicyclic) bond motifs is 1. The molecule has 0 aliphatic carbocycles. The second-order valence-electron chi connectivity index (χ2n) is 7.90. The molecule has 0 atom stereocenters. The Kier molecular flexibility index (Phi) is 5.41. The van der Waals surface area contributed by atoms with Crippen molar-refractivity contribution in [3.05, 3.63) is 52.8 Å². The summed E-state index contributed by atoms with van der Waals surface area (Å²) in [6.07, 6.45) is 2.03. The van der Waals surface area contributed by atoms with Gasteiger partial charge in [0.25, 0.3) is 5.91 Å². The molecular formula is C22H26N4O4. The Morgan fingerprint density at radius 3 is 2.73 bits per heavy atom. The molecule has 0 unspecified atom stereocenters. The van der Waals surface area contributed by atoms with Gasteiger partial charge in [0, 0.05) is 42.8 Å². The number of aromatic amines is 1. The first-order chi connectivity index (χ1) is 14.7. The monoisotopic (exact) mass is 410 g/mol. The molecule has 2 fully saturated rings. The zero-order valence-corrected chi connectivity index (χ0v) is 17.1. The first kappa shape index (κ1) is 19.5. The number of nitrogens with zero attached hydrogens (tertiary/aromatic N) is 2. The second-order valence-corrected chi connectivity index (χ2v) is 7.90. The van der Waals surface area contributed by atoms with Crippen molar-refractivity contribution in [2.45, 2.75) is 20.0 Å². The van der Waals surface area contributed by atoms with E-state index in [1.165, 1.54) is 5.56 Å². The predicted molar refractivity (Wildman–Crippen MR) is 112 cm³/mol. The van der Waals surface area contributed by atoms with E-state index in [4.69, 9.17) is 14.6 Å². The van der Waals surface area contributed by atoms with Gasteiger partial charge in [-0.15, -0.1) is 10.1 Å². The average Bonchev–Trinajstić information content (AvgIpc) is 3.48. The molecule has 2 N–H and O–H groups in total. The Balaban J connectivity index is 1.39. The van der Waals surface area contributed by atoms with Crippen LogP contribution in [-0.2, 0) is 32.5 Å². The van der Waals surface area contributed by atoms with Crippen LogP contribution in [0, 0.1) is 0 Å². The highest BCUT2D eigenvalue weighted by Gasteiger charge is 2.28. The van der Waals surface area contributed by atoms with Crippen LogP contribution < -0.4 is 5.32 Å². The largest absolute Gasteiger partial charge is 0.379 e. The van der Waals surface area contributed by atoms with Crippen molar-refractivity contribution in [2.24, 2.45) is 0 Å². The molecule has 4 heterocycles. The molecule has 8 heteroatoms. The number of ether oxygens (including phenoxy) is 1. The lowest BCUT2D eigenvalue weighted by atomic mass is 9.98. The molecule has 1 aromatic heterocycles. The SMILES string of the molecule is C/C(=C1/C(=O)Nc2ccc(CN3CCOO3)cc21)c1cc(CN2CCOCC2)c[nH]1. The maximum absolute atomic E-state index is 12.8. The van der Waals surface area contributed by atoms with Crippen LogP contribution in [-0.4, -0.2) is 60.3 Å². The Morgan fingerprint density at radius 1 is 1.07 bits per heavy atom. The molecule has 8 nitrogen and oxygen atoms in total. The minimum atomic E-state index is -0.0651. The summed E-state index contributed by atoms with van der Waals surface area (Å²) in [5, 5.41) is 4.76. The van der Waals surface area contributed by atoms with Gasteiger partial charge in [-0.3, -0.25) is 9.69 Å². The van der Waals surface area contributed by atoms with Gasteiger partial charge in [-0.1, -0.05) is 6.07 Å². The molecule has 5 rings (SSSR count). The molecule has 30 heavy (non-hydrogen) atoms. The van der Waals surface area contributed by atoms with Gasteiger partial charge in [0.1, 0.15) is 0 Å². The Hall–Kier alpha value is -2.49. The molecule has 2 saturated heterocycles. The highest BCUT2D eigenvalue weighted by molar-refractivity contribution is 6.36. The van der Waals surface area contributed by atoms with E-state index in [1.54, 1.807) is 5.06 Å². The lowest BCUT2D eigenvalue weighted by Gasteiger charge is -2.25. The lowest BCUT2D eigenvalue weighted by molar-refractivity contribution is -0.373. The van der Waals surface area contributed by atoms with Crippen molar-refractivity contribution in [2.75, 3.05) is 44.8 Å². The summed E-state index contributed by atoms with van der Waals surface area (Å²) in [6, 6.07) is 8.17. The first-order valence-electron chi connectivity index (χ1n) is 10.4. The fourth-order valence-corrected chi connectivity index (χ4v) is 4.18. The second kappa shape index (κ2) is 8.33. The van der Waals surface area contributed by atoms with Gasteiger partial charge in [-0.25, -0.2) is 4.89 Å². The van der Waals surface area contributed by atoms with Gasteiger partial charge in [0.05, 0.1) is 38.5 Å². The number of amides is 1. The van der Waals surface area contributed by atoms with Crippen LogP contribution in [0.25, 0.3) is 11.1 Å².